The number of amides is 2. The summed E-state index contributed by atoms with van der Waals surface area (Å²) in [4.78, 5) is 52.2. The van der Waals surface area contributed by atoms with Crippen molar-refractivity contribution >= 4 is 35.1 Å². The monoisotopic (exact) mass is 516 g/mol. The molecule has 0 aromatic heterocycles. The number of esters is 2. The summed E-state index contributed by atoms with van der Waals surface area (Å²) in [6.07, 6.45) is 0. The number of aryl methyl sites for hydroxylation is 2. The van der Waals surface area contributed by atoms with Gasteiger partial charge in [0, 0.05) is 13.8 Å². The summed E-state index contributed by atoms with van der Waals surface area (Å²) in [7, 11) is 0. The minimum atomic E-state index is -0.601. The lowest BCUT2D eigenvalue weighted by molar-refractivity contribution is -0.145. The van der Waals surface area contributed by atoms with E-state index in [2.05, 4.69) is 9.47 Å². The topological polar surface area (TPSA) is 112 Å². The van der Waals surface area contributed by atoms with Gasteiger partial charge in [0.2, 0.25) is 0 Å². The van der Waals surface area contributed by atoms with Gasteiger partial charge in [-0.15, -0.1) is 0 Å². The van der Waals surface area contributed by atoms with Crippen LogP contribution in [-0.2, 0) is 38.1 Å². The van der Waals surface area contributed by atoms with Crippen molar-refractivity contribution in [1.29, 1.82) is 0 Å². The van der Waals surface area contributed by atoms with Crippen LogP contribution in [0.5, 0.6) is 0 Å². The van der Waals surface area contributed by atoms with Crippen molar-refractivity contribution in [2.75, 3.05) is 0 Å². The maximum Gasteiger partial charge on any atom is 0.305 e. The van der Waals surface area contributed by atoms with Crippen molar-refractivity contribution in [3.8, 4) is 0 Å². The second-order valence-electron chi connectivity index (χ2n) is 8.42. The minimum Gasteiger partial charge on any atom is -0.429 e. The molecule has 4 rings (SSSR count). The zero-order valence-electron chi connectivity index (χ0n) is 21.1. The predicted octanol–water partition coefficient (Wildman–Crippen LogP) is 3.75. The fourth-order valence-corrected chi connectivity index (χ4v) is 3.89. The Morgan fingerprint density at radius 1 is 0.632 bits per heavy atom. The Bertz CT molecular complexity index is 1220. The van der Waals surface area contributed by atoms with Gasteiger partial charge in [0.25, 0.3) is 25.4 Å². The number of carbonyl (C=O) groups excluding carboxylic acids is 4. The van der Waals surface area contributed by atoms with E-state index >= 15 is 0 Å². The second-order valence-corrected chi connectivity index (χ2v) is 8.42. The van der Waals surface area contributed by atoms with E-state index in [0.29, 0.717) is 11.1 Å². The number of carbonyl (C=O) groups is 4. The van der Waals surface area contributed by atoms with Crippen LogP contribution in [-0.4, -0.2) is 33.6 Å². The second kappa shape index (κ2) is 11.4. The van der Waals surface area contributed by atoms with Crippen molar-refractivity contribution in [3.63, 3.8) is 0 Å². The van der Waals surface area contributed by atoms with Crippen LogP contribution in [0.3, 0.4) is 0 Å². The van der Waals surface area contributed by atoms with Gasteiger partial charge in [-0.05, 0) is 25.0 Å². The minimum absolute atomic E-state index is 0.120. The molecule has 0 atom stereocenters. The van der Waals surface area contributed by atoms with E-state index in [9.17, 15) is 19.2 Å². The molecule has 0 saturated carbocycles. The standard InChI is InChI=1S/C28H24N2O8/c1-17-5-9-21(10-6-17)25-23-24(28(34)29(25)13-35-15-37-19(3)31)26(22-11-7-18(2)8-12-22)30(27(23)33)14-36-16-38-20(4)32/h5-16H,1-4H3. The Hall–Kier alpha value is -4.28. The predicted molar refractivity (Wildman–Crippen MR) is 133 cm³/mol. The van der Waals surface area contributed by atoms with Crippen LogP contribution in [0, 0.1) is 40.9 Å². The van der Waals surface area contributed by atoms with Crippen LogP contribution in [0.1, 0.15) is 36.1 Å². The molecule has 2 aromatic carbocycles. The molecule has 2 aliphatic rings. The Morgan fingerprint density at radius 2 is 0.974 bits per heavy atom. The Labute approximate surface area is 220 Å². The van der Waals surface area contributed by atoms with E-state index in [-0.39, 0.29) is 22.5 Å². The summed E-state index contributed by atoms with van der Waals surface area (Å²) in [5, 5.41) is 0. The first kappa shape index (κ1) is 26.8. The van der Waals surface area contributed by atoms with Gasteiger partial charge in [-0.3, -0.25) is 29.0 Å². The maximum atomic E-state index is 13.8. The molecule has 2 aromatic rings. The van der Waals surface area contributed by atoms with E-state index in [0.717, 1.165) is 38.2 Å². The fourth-order valence-electron chi connectivity index (χ4n) is 3.89. The fraction of sp³-hybridized carbons (Fsp3) is 0.143. The summed E-state index contributed by atoms with van der Waals surface area (Å²) in [5.41, 5.74) is 3.91. The van der Waals surface area contributed by atoms with E-state index in [1.165, 1.54) is 23.6 Å². The van der Waals surface area contributed by atoms with Gasteiger partial charge in [0.15, 0.2) is 13.5 Å². The van der Waals surface area contributed by atoms with Crippen LogP contribution >= 0.6 is 0 Å². The summed E-state index contributed by atoms with van der Waals surface area (Å²) in [5.74, 6) is -2.29. The van der Waals surface area contributed by atoms with Crippen LogP contribution in [0.15, 0.2) is 59.7 Å². The van der Waals surface area contributed by atoms with Gasteiger partial charge in [-0.2, -0.15) is 0 Å². The van der Waals surface area contributed by atoms with Gasteiger partial charge in [0.1, 0.15) is 0 Å². The van der Waals surface area contributed by atoms with Crippen molar-refractivity contribution in [2.24, 2.45) is 0 Å². The zero-order chi connectivity index (χ0) is 27.4. The van der Waals surface area contributed by atoms with Gasteiger partial charge >= 0.3 is 11.9 Å². The molecule has 2 heterocycles. The van der Waals surface area contributed by atoms with E-state index in [1.807, 2.05) is 38.1 Å². The first-order valence-electron chi connectivity index (χ1n) is 11.4. The van der Waals surface area contributed by atoms with E-state index in [4.69, 9.17) is 9.47 Å². The molecule has 2 aliphatic heterocycles. The highest BCUT2D eigenvalue weighted by molar-refractivity contribution is 6.30. The third kappa shape index (κ3) is 5.51. The molecule has 2 amide bonds. The Morgan fingerprint density at radius 3 is 1.29 bits per heavy atom. The Balaban J connectivity index is 1.80. The molecule has 10 heteroatoms. The van der Waals surface area contributed by atoms with Crippen LogP contribution in [0.4, 0.5) is 0 Å². The van der Waals surface area contributed by atoms with Crippen LogP contribution in [0.25, 0.3) is 11.4 Å². The molecule has 0 fully saturated rings. The van der Waals surface area contributed by atoms with Crippen molar-refractivity contribution < 1.29 is 38.1 Å². The molecule has 0 unspecified atom stereocenters. The highest BCUT2D eigenvalue weighted by Crippen LogP contribution is 2.47. The van der Waals surface area contributed by atoms with Crippen LogP contribution < -0.4 is 0 Å². The van der Waals surface area contributed by atoms with Crippen molar-refractivity contribution in [2.45, 2.75) is 27.7 Å². The molecule has 10 nitrogen and oxygen atoms in total. The molecule has 0 aliphatic carbocycles. The normalized spacial score (nSPS) is 14.9. The van der Waals surface area contributed by atoms with Gasteiger partial charge in [-0.1, -0.05) is 59.7 Å². The lowest BCUT2D eigenvalue weighted by Crippen LogP contribution is -2.28. The van der Waals surface area contributed by atoms with Gasteiger partial charge in [0.05, 0.1) is 22.5 Å². The number of hydrogen-bond acceptors (Lipinski definition) is 8. The van der Waals surface area contributed by atoms with Crippen LogP contribution in [0.2, 0.25) is 0 Å². The van der Waals surface area contributed by atoms with E-state index in [1.54, 1.807) is 24.3 Å². The number of hydrogen-bond donors (Lipinski definition) is 0. The molecule has 38 heavy (non-hydrogen) atoms. The molecule has 194 valence electrons. The molecule has 0 bridgehead atoms. The zero-order valence-corrected chi connectivity index (χ0v) is 21.1. The molecule has 0 spiro atoms. The molecule has 4 radical (unpaired) electrons. The largest absolute Gasteiger partial charge is 0.429 e. The smallest absolute Gasteiger partial charge is 0.305 e. The summed E-state index contributed by atoms with van der Waals surface area (Å²) < 4.78 is 19.8. The average Bonchev–Trinajstić information content (AvgIpc) is 3.32. The van der Waals surface area contributed by atoms with Crippen molar-refractivity contribution in [3.05, 3.63) is 109 Å². The number of fused-ring (bicyclic) bond motifs is 1. The summed E-state index contributed by atoms with van der Waals surface area (Å²) in [6, 6.07) is 14.5. The number of rotatable bonds is 10. The highest BCUT2D eigenvalue weighted by atomic mass is 16.7. The molecular weight excluding hydrogens is 492 g/mol. The first-order chi connectivity index (χ1) is 18.2. The number of ether oxygens (including phenoxy) is 4. The summed E-state index contributed by atoms with van der Waals surface area (Å²) in [6.45, 7) is 9.95. The highest BCUT2D eigenvalue weighted by Gasteiger charge is 2.49. The molecule has 0 N–H and O–H groups in total. The average molecular weight is 517 g/mol. The molecule has 0 saturated heterocycles. The maximum absolute atomic E-state index is 13.8. The number of nitrogens with zero attached hydrogens (tertiary/aromatic N) is 2. The Kier molecular flexibility index (Phi) is 8.04. The van der Waals surface area contributed by atoms with Gasteiger partial charge < -0.3 is 18.9 Å². The van der Waals surface area contributed by atoms with E-state index < -0.39 is 23.8 Å². The quantitative estimate of drug-likeness (QED) is 0.347. The third-order valence-corrected chi connectivity index (χ3v) is 5.59. The van der Waals surface area contributed by atoms with Gasteiger partial charge in [-0.25, -0.2) is 0 Å². The first-order valence-corrected chi connectivity index (χ1v) is 11.4. The SMILES string of the molecule is CC(=O)O[CH]O[CH]N1C(=O)C2=C(c3ccc(C)cc3)N([CH]O[CH]OC(C)=O)C(=O)C2=C1c1ccc(C)cc1. The summed E-state index contributed by atoms with van der Waals surface area (Å²) >= 11 is 0. The lowest BCUT2D eigenvalue weighted by Gasteiger charge is -2.24. The third-order valence-electron chi connectivity index (χ3n) is 5.59. The lowest BCUT2D eigenvalue weighted by atomic mass is 10.0. The number of benzene rings is 2. The molecular formula is C28H24N2O8. The van der Waals surface area contributed by atoms with Crippen molar-refractivity contribution in [1.82, 2.24) is 9.80 Å².